The van der Waals surface area contributed by atoms with Crippen LogP contribution in [0.5, 0.6) is 0 Å². The average molecular weight is 444 g/mol. The Hall–Kier alpha value is -3.74. The summed E-state index contributed by atoms with van der Waals surface area (Å²) in [5.41, 5.74) is 3.52. The first-order chi connectivity index (χ1) is 15.8. The number of rotatable bonds is 5. The molecule has 5 rings (SSSR count). The fourth-order valence-corrected chi connectivity index (χ4v) is 5.41. The Morgan fingerprint density at radius 2 is 1.76 bits per heavy atom. The second-order valence-corrected chi connectivity index (χ2v) is 9.02. The zero-order valence-corrected chi connectivity index (χ0v) is 18.4. The summed E-state index contributed by atoms with van der Waals surface area (Å²) in [6.45, 7) is 3.52. The van der Waals surface area contributed by atoms with Crippen molar-refractivity contribution in [3.8, 4) is 0 Å². The lowest BCUT2D eigenvalue weighted by Gasteiger charge is -2.19. The Kier molecular flexibility index (Phi) is 5.12. The summed E-state index contributed by atoms with van der Waals surface area (Å²) < 4.78 is 5.10. The molecule has 3 amide bonds. The van der Waals surface area contributed by atoms with Crippen molar-refractivity contribution in [3.63, 3.8) is 0 Å². The molecule has 2 aromatic rings. The number of nitrogens with zero attached hydrogens (tertiary/aromatic N) is 1. The van der Waals surface area contributed by atoms with E-state index in [9.17, 15) is 19.2 Å². The number of esters is 1. The van der Waals surface area contributed by atoms with E-state index in [1.165, 1.54) is 22.6 Å². The molecule has 1 saturated heterocycles. The van der Waals surface area contributed by atoms with Crippen LogP contribution in [0, 0.1) is 30.6 Å². The third-order valence-electron chi connectivity index (χ3n) is 6.88. The molecule has 3 aliphatic rings. The molecule has 1 aliphatic heterocycles. The van der Waals surface area contributed by atoms with E-state index in [0.29, 0.717) is 11.4 Å². The molecule has 1 saturated carbocycles. The second-order valence-electron chi connectivity index (χ2n) is 9.02. The molecule has 0 unspecified atom stereocenters. The summed E-state index contributed by atoms with van der Waals surface area (Å²) >= 11 is 0. The van der Waals surface area contributed by atoms with Crippen LogP contribution in [0.15, 0.2) is 60.2 Å². The zero-order chi connectivity index (χ0) is 23.3. The van der Waals surface area contributed by atoms with E-state index < -0.39 is 18.5 Å². The van der Waals surface area contributed by atoms with Crippen molar-refractivity contribution in [1.82, 2.24) is 0 Å². The van der Waals surface area contributed by atoms with Gasteiger partial charge in [0.15, 0.2) is 6.61 Å². The van der Waals surface area contributed by atoms with Gasteiger partial charge in [-0.15, -0.1) is 0 Å². The Morgan fingerprint density at radius 1 is 1.03 bits per heavy atom. The van der Waals surface area contributed by atoms with Gasteiger partial charge < -0.3 is 10.1 Å². The van der Waals surface area contributed by atoms with Gasteiger partial charge in [0.25, 0.3) is 5.91 Å². The number of hydrogen-bond donors (Lipinski definition) is 1. The van der Waals surface area contributed by atoms with Gasteiger partial charge in [0.05, 0.1) is 23.1 Å². The van der Waals surface area contributed by atoms with Gasteiger partial charge in [-0.1, -0.05) is 23.8 Å². The number of allylic oxidation sites excluding steroid dienone is 2. The minimum Gasteiger partial charge on any atom is -0.452 e. The first-order valence-corrected chi connectivity index (χ1v) is 11.0. The summed E-state index contributed by atoms with van der Waals surface area (Å²) in [5, 5.41) is 2.68. The summed E-state index contributed by atoms with van der Waals surface area (Å²) in [6, 6.07) is 13.5. The molecule has 2 aliphatic carbocycles. The van der Waals surface area contributed by atoms with E-state index in [4.69, 9.17) is 4.74 Å². The van der Waals surface area contributed by atoms with E-state index >= 15 is 0 Å². The average Bonchev–Trinajstić information content (AvgIpc) is 3.42. The Balaban J connectivity index is 1.21. The van der Waals surface area contributed by atoms with Gasteiger partial charge in [-0.05, 0) is 74.1 Å². The summed E-state index contributed by atoms with van der Waals surface area (Å²) in [7, 11) is 0. The maximum Gasteiger partial charge on any atom is 0.338 e. The molecule has 168 valence electrons. The topological polar surface area (TPSA) is 92.8 Å². The standard InChI is InChI=1S/C26H24N2O5/c1-14-4-3-5-18(10-14)27-21(29)13-33-26(32)16-6-8-19(9-7-16)28-24(30)22-17-11-15(2)20(12-17)23(22)25(28)31/h3-11,17,20,22-23H,12-13H2,1-2H3,(H,27,29)/t17-,20+,22+,23+/m0/s1. The molecule has 0 radical (unpaired) electrons. The van der Waals surface area contributed by atoms with E-state index in [-0.39, 0.29) is 41.0 Å². The van der Waals surface area contributed by atoms with Crippen LogP contribution in [0.3, 0.4) is 0 Å². The molecule has 7 heteroatoms. The van der Waals surface area contributed by atoms with Crippen LogP contribution < -0.4 is 10.2 Å². The number of nitrogens with one attached hydrogen (secondary N) is 1. The smallest absolute Gasteiger partial charge is 0.338 e. The summed E-state index contributed by atoms with van der Waals surface area (Å²) in [6.07, 6.45) is 3.02. The van der Waals surface area contributed by atoms with Crippen molar-refractivity contribution in [1.29, 1.82) is 0 Å². The summed E-state index contributed by atoms with van der Waals surface area (Å²) in [5.74, 6) is -1.67. The monoisotopic (exact) mass is 444 g/mol. The molecule has 1 heterocycles. The number of hydrogen-bond acceptors (Lipinski definition) is 5. The lowest BCUT2D eigenvalue weighted by molar-refractivity contribution is -0.123. The predicted molar refractivity (Wildman–Crippen MR) is 121 cm³/mol. The van der Waals surface area contributed by atoms with Gasteiger partial charge in [0.1, 0.15) is 0 Å². The third-order valence-corrected chi connectivity index (χ3v) is 6.88. The lowest BCUT2D eigenvalue weighted by atomic mass is 9.82. The lowest BCUT2D eigenvalue weighted by Crippen LogP contribution is -2.33. The number of carbonyl (C=O) groups excluding carboxylic acids is 4. The fraction of sp³-hybridized carbons (Fsp3) is 0.308. The van der Waals surface area contributed by atoms with Crippen LogP contribution in [0.4, 0.5) is 11.4 Å². The number of aryl methyl sites for hydroxylation is 1. The molecule has 0 spiro atoms. The van der Waals surface area contributed by atoms with Gasteiger partial charge in [0.2, 0.25) is 11.8 Å². The molecule has 4 atom stereocenters. The second kappa shape index (κ2) is 7.99. The highest BCUT2D eigenvalue weighted by Crippen LogP contribution is 2.55. The summed E-state index contributed by atoms with van der Waals surface area (Å²) in [4.78, 5) is 51.7. The molecule has 7 nitrogen and oxygen atoms in total. The number of fused-ring (bicyclic) bond motifs is 5. The zero-order valence-electron chi connectivity index (χ0n) is 18.4. The van der Waals surface area contributed by atoms with Crippen LogP contribution >= 0.6 is 0 Å². The van der Waals surface area contributed by atoms with Gasteiger partial charge in [-0.25, -0.2) is 4.79 Å². The van der Waals surface area contributed by atoms with Crippen molar-refractivity contribution in [2.45, 2.75) is 20.3 Å². The highest BCUT2D eigenvalue weighted by molar-refractivity contribution is 6.23. The quantitative estimate of drug-likeness (QED) is 0.433. The first-order valence-electron chi connectivity index (χ1n) is 11.0. The number of carbonyl (C=O) groups is 4. The Bertz CT molecular complexity index is 1200. The minimum atomic E-state index is -0.658. The molecule has 2 bridgehead atoms. The van der Waals surface area contributed by atoms with E-state index in [2.05, 4.69) is 11.4 Å². The molecule has 2 aromatic carbocycles. The minimum absolute atomic E-state index is 0.140. The Morgan fingerprint density at radius 3 is 2.48 bits per heavy atom. The van der Waals surface area contributed by atoms with Crippen LogP contribution in [0.2, 0.25) is 0 Å². The molecular formula is C26H24N2O5. The third kappa shape index (κ3) is 3.63. The molecule has 0 aromatic heterocycles. The van der Waals surface area contributed by atoms with E-state index in [1.807, 2.05) is 32.0 Å². The van der Waals surface area contributed by atoms with Crippen molar-refractivity contribution < 1.29 is 23.9 Å². The van der Waals surface area contributed by atoms with Gasteiger partial charge in [-0.3, -0.25) is 19.3 Å². The maximum atomic E-state index is 13.0. The molecule has 1 N–H and O–H groups in total. The van der Waals surface area contributed by atoms with Crippen molar-refractivity contribution in [2.24, 2.45) is 23.7 Å². The number of amides is 3. The number of imide groups is 1. The first kappa shape index (κ1) is 21.1. The SMILES string of the molecule is CC1=C[C@H]2C[C@H]1[C@H]1C(=O)N(c3ccc(C(=O)OCC(=O)Nc4cccc(C)c4)cc3)C(=O)[C@@H]12. The highest BCUT2D eigenvalue weighted by Gasteiger charge is 2.60. The largest absolute Gasteiger partial charge is 0.452 e. The Labute approximate surface area is 191 Å². The molecule has 33 heavy (non-hydrogen) atoms. The fourth-order valence-electron chi connectivity index (χ4n) is 5.41. The highest BCUT2D eigenvalue weighted by atomic mass is 16.5. The number of anilines is 2. The predicted octanol–water partition coefficient (Wildman–Crippen LogP) is 3.49. The van der Waals surface area contributed by atoms with Crippen molar-refractivity contribution in [2.75, 3.05) is 16.8 Å². The van der Waals surface area contributed by atoms with E-state index in [1.54, 1.807) is 18.2 Å². The molecule has 2 fully saturated rings. The van der Waals surface area contributed by atoms with E-state index in [0.717, 1.165) is 12.0 Å². The van der Waals surface area contributed by atoms with Gasteiger partial charge in [0, 0.05) is 5.69 Å². The van der Waals surface area contributed by atoms with Crippen LogP contribution in [-0.4, -0.2) is 30.3 Å². The number of benzene rings is 2. The van der Waals surface area contributed by atoms with Crippen molar-refractivity contribution >= 4 is 35.1 Å². The van der Waals surface area contributed by atoms with Crippen LogP contribution in [0.25, 0.3) is 0 Å². The number of ether oxygens (including phenoxy) is 1. The molecular weight excluding hydrogens is 420 g/mol. The maximum absolute atomic E-state index is 13.0. The van der Waals surface area contributed by atoms with Gasteiger partial charge in [-0.2, -0.15) is 0 Å². The van der Waals surface area contributed by atoms with Crippen LogP contribution in [-0.2, 0) is 19.1 Å². The normalized spacial score (nSPS) is 25.2. The van der Waals surface area contributed by atoms with Crippen molar-refractivity contribution in [3.05, 3.63) is 71.3 Å². The van der Waals surface area contributed by atoms with Crippen LogP contribution in [0.1, 0.15) is 29.3 Å². The van der Waals surface area contributed by atoms with Gasteiger partial charge >= 0.3 is 5.97 Å².